The summed E-state index contributed by atoms with van der Waals surface area (Å²) in [6.07, 6.45) is -1.32. The van der Waals surface area contributed by atoms with E-state index in [9.17, 15) is 18.3 Å². The predicted octanol–water partition coefficient (Wildman–Crippen LogP) is 2.66. The van der Waals surface area contributed by atoms with Crippen molar-refractivity contribution in [2.24, 2.45) is 0 Å². The van der Waals surface area contributed by atoms with Crippen molar-refractivity contribution in [1.29, 1.82) is 0 Å². The summed E-state index contributed by atoms with van der Waals surface area (Å²) in [6.45, 7) is 1.12. The fraction of sp³-hybridized carbons (Fsp3) is 0.273. The largest absolute Gasteiger partial charge is 0.870 e. The first-order valence-electron chi connectivity index (χ1n) is 9.93. The number of nitrogens with one attached hydrogen (secondary N) is 1. The number of benzene rings is 2. The number of halogens is 3. The number of alkyl halides is 3. The quantitative estimate of drug-likeness (QED) is 0.464. The highest BCUT2D eigenvalue weighted by Gasteiger charge is 2.35. The van der Waals surface area contributed by atoms with Gasteiger partial charge in [0.25, 0.3) is 5.52 Å². The van der Waals surface area contributed by atoms with E-state index in [1.54, 1.807) is 4.68 Å². The molecule has 3 N–H and O–H groups in total. The van der Waals surface area contributed by atoms with E-state index in [4.69, 9.17) is 5.10 Å². The number of pyridine rings is 1. The predicted molar refractivity (Wildman–Crippen MR) is 111 cm³/mol. The molecule has 2 unspecified atom stereocenters. The van der Waals surface area contributed by atoms with Crippen molar-refractivity contribution in [1.82, 2.24) is 20.0 Å². The van der Waals surface area contributed by atoms with Crippen molar-refractivity contribution in [3.63, 3.8) is 0 Å². The molecular weight excluding hydrogens is 423 g/mol. The smallest absolute Gasteiger partial charge is 0.416 e. The monoisotopic (exact) mass is 445 g/mol. The van der Waals surface area contributed by atoms with Gasteiger partial charge in [0, 0.05) is 17.3 Å². The topological polar surface area (TPSA) is 87.2 Å². The molecule has 1 aliphatic heterocycles. The van der Waals surface area contributed by atoms with Gasteiger partial charge in [-0.3, -0.25) is 0 Å². The third-order valence-electron chi connectivity index (χ3n) is 5.84. The number of hydrogen-bond donors (Lipinski definition) is 2. The van der Waals surface area contributed by atoms with E-state index in [1.807, 2.05) is 48.6 Å². The minimum atomic E-state index is -4.38. The van der Waals surface area contributed by atoms with Crippen LogP contribution >= 0.6 is 0 Å². The molecule has 0 amide bonds. The molecule has 0 bridgehead atoms. The van der Waals surface area contributed by atoms with Crippen molar-refractivity contribution in [2.75, 3.05) is 20.1 Å². The lowest BCUT2D eigenvalue weighted by molar-refractivity contribution is -0.721. The summed E-state index contributed by atoms with van der Waals surface area (Å²) in [7, 11) is 1.87. The number of β-amino-alcohol motifs (C(OH)–C–C–N with tert-alkyl or cyclic N) is 1. The Hall–Kier alpha value is -3.05. The SMILES string of the molecule is CN1C(O)CNCC1[n+]1cc2ccccc2c2nn(-c3ccc(C(F)(F)F)cc3)cc21.[OH-]. The fourth-order valence-electron chi connectivity index (χ4n) is 4.09. The molecule has 10 heteroatoms. The summed E-state index contributed by atoms with van der Waals surface area (Å²) in [5.74, 6) is 0. The summed E-state index contributed by atoms with van der Waals surface area (Å²) >= 11 is 0. The lowest BCUT2D eigenvalue weighted by Gasteiger charge is -2.33. The van der Waals surface area contributed by atoms with Crippen LogP contribution in [0, 0.1) is 0 Å². The zero-order chi connectivity index (χ0) is 21.8. The van der Waals surface area contributed by atoms with Gasteiger partial charge in [-0.25, -0.2) is 9.58 Å². The van der Waals surface area contributed by atoms with Crippen LogP contribution in [0.2, 0.25) is 0 Å². The van der Waals surface area contributed by atoms with Gasteiger partial charge < -0.3 is 15.9 Å². The molecule has 3 heterocycles. The normalized spacial score (nSPS) is 19.9. The molecule has 32 heavy (non-hydrogen) atoms. The lowest BCUT2D eigenvalue weighted by atomic mass is 10.1. The maximum atomic E-state index is 12.9. The number of nitrogens with zero attached hydrogens (tertiary/aromatic N) is 4. The molecule has 0 saturated carbocycles. The number of rotatable bonds is 2. The highest BCUT2D eigenvalue weighted by Crippen LogP contribution is 2.30. The molecule has 4 aromatic rings. The number of fused-ring (bicyclic) bond motifs is 3. The molecule has 7 nitrogen and oxygen atoms in total. The van der Waals surface area contributed by atoms with Gasteiger partial charge in [0.15, 0.2) is 11.7 Å². The van der Waals surface area contributed by atoms with Crippen molar-refractivity contribution < 1.29 is 28.3 Å². The Morgan fingerprint density at radius 1 is 1.09 bits per heavy atom. The van der Waals surface area contributed by atoms with E-state index in [0.29, 0.717) is 18.8 Å². The van der Waals surface area contributed by atoms with E-state index in [0.717, 1.165) is 33.9 Å². The van der Waals surface area contributed by atoms with Crippen molar-refractivity contribution in [3.8, 4) is 5.69 Å². The van der Waals surface area contributed by atoms with Crippen LogP contribution in [0.4, 0.5) is 13.2 Å². The van der Waals surface area contributed by atoms with E-state index < -0.39 is 18.0 Å². The summed E-state index contributed by atoms with van der Waals surface area (Å²) in [6, 6.07) is 12.8. The number of aliphatic hydroxyl groups excluding tert-OH is 1. The molecule has 2 atom stereocenters. The molecular formula is C22H22F3N5O2. The van der Waals surface area contributed by atoms with Crippen molar-refractivity contribution in [2.45, 2.75) is 18.6 Å². The number of hydrogen-bond acceptors (Lipinski definition) is 5. The van der Waals surface area contributed by atoms with E-state index >= 15 is 0 Å². The van der Waals surface area contributed by atoms with Gasteiger partial charge in [-0.15, -0.1) is 0 Å². The number of likely N-dealkylation sites (N-methyl/N-ethyl adjacent to an activating group) is 1. The minimum Gasteiger partial charge on any atom is -0.870 e. The highest BCUT2D eigenvalue weighted by molar-refractivity contribution is 6.01. The Balaban J connectivity index is 0.00000245. The van der Waals surface area contributed by atoms with Crippen LogP contribution in [0.3, 0.4) is 0 Å². The van der Waals surface area contributed by atoms with Gasteiger partial charge in [-0.05, 0) is 37.4 Å². The average molecular weight is 445 g/mol. The first-order valence-corrected chi connectivity index (χ1v) is 9.93. The Bertz CT molecular complexity index is 1260. The van der Waals surface area contributed by atoms with Crippen LogP contribution in [-0.2, 0) is 6.18 Å². The molecule has 0 aliphatic carbocycles. The molecule has 2 aromatic carbocycles. The van der Waals surface area contributed by atoms with Crippen LogP contribution in [0.15, 0.2) is 60.9 Å². The second-order valence-corrected chi connectivity index (χ2v) is 7.76. The minimum absolute atomic E-state index is 0. The van der Waals surface area contributed by atoms with Crippen LogP contribution in [0.25, 0.3) is 27.5 Å². The fourth-order valence-corrected chi connectivity index (χ4v) is 4.09. The molecule has 2 aromatic heterocycles. The average Bonchev–Trinajstić information content (AvgIpc) is 3.21. The molecule has 1 fully saturated rings. The zero-order valence-electron chi connectivity index (χ0n) is 17.2. The van der Waals surface area contributed by atoms with Gasteiger partial charge in [-0.1, -0.05) is 18.2 Å². The van der Waals surface area contributed by atoms with Gasteiger partial charge >= 0.3 is 6.18 Å². The third kappa shape index (κ3) is 3.71. The molecule has 0 spiro atoms. The first-order chi connectivity index (χ1) is 14.8. The molecule has 0 radical (unpaired) electrons. The van der Waals surface area contributed by atoms with Crippen molar-refractivity contribution in [3.05, 3.63) is 66.5 Å². The second-order valence-electron chi connectivity index (χ2n) is 7.76. The maximum absolute atomic E-state index is 12.9. The number of piperazine rings is 1. The first kappa shape index (κ1) is 22.2. The van der Waals surface area contributed by atoms with Crippen LogP contribution in [-0.4, -0.2) is 51.6 Å². The van der Waals surface area contributed by atoms with Crippen LogP contribution < -0.4 is 9.88 Å². The zero-order valence-corrected chi connectivity index (χ0v) is 17.2. The number of aliphatic hydroxyl groups is 1. The van der Waals surface area contributed by atoms with E-state index in [-0.39, 0.29) is 11.6 Å². The van der Waals surface area contributed by atoms with E-state index in [2.05, 4.69) is 9.88 Å². The maximum Gasteiger partial charge on any atom is 0.416 e. The lowest BCUT2D eigenvalue weighted by Crippen LogP contribution is -2.61. The van der Waals surface area contributed by atoms with Crippen LogP contribution in [0.1, 0.15) is 11.7 Å². The number of aromatic nitrogens is 3. The van der Waals surface area contributed by atoms with Gasteiger partial charge in [-0.2, -0.15) is 22.8 Å². The van der Waals surface area contributed by atoms with E-state index in [1.165, 1.54) is 12.1 Å². The Morgan fingerprint density at radius 3 is 2.53 bits per heavy atom. The highest BCUT2D eigenvalue weighted by atomic mass is 19.4. The van der Waals surface area contributed by atoms with Crippen molar-refractivity contribution >= 4 is 21.8 Å². The Labute approximate surface area is 181 Å². The molecule has 5 rings (SSSR count). The summed E-state index contributed by atoms with van der Waals surface area (Å²) < 4.78 is 42.5. The molecule has 1 aliphatic rings. The summed E-state index contributed by atoms with van der Waals surface area (Å²) in [4.78, 5) is 1.89. The summed E-state index contributed by atoms with van der Waals surface area (Å²) in [5.41, 5.74) is 1.41. The molecule has 168 valence electrons. The second kappa shape index (κ2) is 8.14. The van der Waals surface area contributed by atoms with Gasteiger partial charge in [0.2, 0.25) is 6.17 Å². The van der Waals surface area contributed by atoms with Gasteiger partial charge in [0.05, 0.1) is 17.8 Å². The Kier molecular flexibility index (Phi) is 5.63. The standard InChI is InChI=1S/C22H21F3N5O.H2O/c1-28-19(10-26-11-20(28)31)29-12-14-4-2-3-5-17(14)21-18(29)13-30(27-21)16-8-6-15(7-9-16)22(23,24)25;/h2-9,12-13,19-20,26,31H,10-11H2,1H3;1H2/q+1;/p-1. The molecule has 1 saturated heterocycles. The third-order valence-corrected chi connectivity index (χ3v) is 5.84. The van der Waals surface area contributed by atoms with Gasteiger partial charge in [0.1, 0.15) is 12.4 Å². The Morgan fingerprint density at radius 2 is 1.81 bits per heavy atom. The summed E-state index contributed by atoms with van der Waals surface area (Å²) in [5, 5.41) is 20.2. The van der Waals surface area contributed by atoms with Crippen LogP contribution in [0.5, 0.6) is 0 Å².